The van der Waals surface area contributed by atoms with Gasteiger partial charge in [0.15, 0.2) is 0 Å². The molecule has 0 aliphatic heterocycles. The topological polar surface area (TPSA) is 38.3 Å². The molecule has 1 rings (SSSR count). The third-order valence-corrected chi connectivity index (χ3v) is 3.44. The molecular weight excluding hydrogens is 274 g/mol. The van der Waals surface area contributed by atoms with Crippen molar-refractivity contribution in [1.82, 2.24) is 5.32 Å². The van der Waals surface area contributed by atoms with Crippen LogP contribution in [0.2, 0.25) is 0 Å². The lowest BCUT2D eigenvalue weighted by atomic mass is 10.0. The number of ether oxygens (including phenoxy) is 1. The van der Waals surface area contributed by atoms with E-state index >= 15 is 0 Å². The molecule has 1 N–H and O–H groups in total. The van der Waals surface area contributed by atoms with Crippen molar-refractivity contribution in [2.75, 3.05) is 19.8 Å². The summed E-state index contributed by atoms with van der Waals surface area (Å²) in [5, 5.41) is 2.87. The lowest BCUT2D eigenvalue weighted by Gasteiger charge is -2.05. The maximum atomic E-state index is 11.7. The van der Waals surface area contributed by atoms with Crippen LogP contribution in [-0.2, 0) is 9.53 Å². The third-order valence-electron chi connectivity index (χ3n) is 3.44. The fourth-order valence-electron chi connectivity index (χ4n) is 1.96. The summed E-state index contributed by atoms with van der Waals surface area (Å²) in [4.78, 5) is 11.7. The number of unbranched alkanes of at least 4 members (excludes halogenated alkanes) is 1. The predicted molar refractivity (Wildman–Crippen MR) is 92.9 cm³/mol. The molecule has 1 aromatic carbocycles. The Kier molecular flexibility index (Phi) is 9.24. The summed E-state index contributed by atoms with van der Waals surface area (Å²) in [6.45, 7) is 8.67. The normalized spacial score (nSPS) is 11.3. The molecule has 0 heterocycles. The lowest BCUT2D eigenvalue weighted by Crippen LogP contribution is -2.23. The largest absolute Gasteiger partial charge is 0.381 e. The minimum absolute atomic E-state index is 0.0542. The molecule has 22 heavy (non-hydrogen) atoms. The molecule has 0 aromatic heterocycles. The number of amides is 1. The van der Waals surface area contributed by atoms with Crippen molar-refractivity contribution in [2.45, 2.75) is 46.0 Å². The Morgan fingerprint density at radius 1 is 1.18 bits per heavy atom. The molecule has 0 unspecified atom stereocenters. The SMILES string of the molecule is CCCCOCCCNC(=O)/C=C/c1ccc(C(C)C)cc1. The van der Waals surface area contributed by atoms with Gasteiger partial charge in [0.2, 0.25) is 5.91 Å². The van der Waals surface area contributed by atoms with E-state index in [4.69, 9.17) is 4.74 Å². The van der Waals surface area contributed by atoms with Gasteiger partial charge in [0.05, 0.1) is 0 Å². The molecule has 0 spiro atoms. The highest BCUT2D eigenvalue weighted by Crippen LogP contribution is 2.15. The number of carbonyl (C=O) groups excluding carboxylic acids is 1. The first kappa shape index (κ1) is 18.4. The van der Waals surface area contributed by atoms with Crippen molar-refractivity contribution < 1.29 is 9.53 Å². The van der Waals surface area contributed by atoms with E-state index in [9.17, 15) is 4.79 Å². The minimum atomic E-state index is -0.0542. The summed E-state index contributed by atoms with van der Waals surface area (Å²) in [6, 6.07) is 8.30. The van der Waals surface area contributed by atoms with Gasteiger partial charge < -0.3 is 10.1 Å². The number of hydrogen-bond acceptors (Lipinski definition) is 2. The number of rotatable bonds is 10. The van der Waals surface area contributed by atoms with Crippen LogP contribution in [0.15, 0.2) is 30.3 Å². The average molecular weight is 303 g/mol. The van der Waals surface area contributed by atoms with Crippen molar-refractivity contribution in [3.05, 3.63) is 41.5 Å². The highest BCUT2D eigenvalue weighted by Gasteiger charge is 1.98. The Bertz CT molecular complexity index is 449. The number of nitrogens with one attached hydrogen (secondary N) is 1. The predicted octanol–water partition coefficient (Wildman–Crippen LogP) is 4.15. The zero-order valence-corrected chi connectivity index (χ0v) is 14.1. The first-order valence-corrected chi connectivity index (χ1v) is 8.27. The number of carbonyl (C=O) groups is 1. The van der Waals surface area contributed by atoms with Gasteiger partial charge in [-0.3, -0.25) is 4.79 Å². The molecule has 3 heteroatoms. The van der Waals surface area contributed by atoms with Gasteiger partial charge >= 0.3 is 0 Å². The van der Waals surface area contributed by atoms with E-state index in [0.717, 1.165) is 31.4 Å². The lowest BCUT2D eigenvalue weighted by molar-refractivity contribution is -0.116. The van der Waals surface area contributed by atoms with Crippen molar-refractivity contribution in [1.29, 1.82) is 0 Å². The van der Waals surface area contributed by atoms with Crippen molar-refractivity contribution in [2.24, 2.45) is 0 Å². The maximum Gasteiger partial charge on any atom is 0.244 e. The zero-order chi connectivity index (χ0) is 16.2. The summed E-state index contributed by atoms with van der Waals surface area (Å²) < 4.78 is 5.45. The van der Waals surface area contributed by atoms with Gasteiger partial charge in [-0.1, -0.05) is 51.5 Å². The fraction of sp³-hybridized carbons (Fsp3) is 0.526. The van der Waals surface area contributed by atoms with Crippen LogP contribution in [0.1, 0.15) is 57.1 Å². The van der Waals surface area contributed by atoms with Crippen LogP contribution in [0.4, 0.5) is 0 Å². The van der Waals surface area contributed by atoms with E-state index in [1.54, 1.807) is 6.08 Å². The first-order chi connectivity index (χ1) is 10.6. The van der Waals surface area contributed by atoms with Crippen molar-refractivity contribution in [3.8, 4) is 0 Å². The fourth-order valence-corrected chi connectivity index (χ4v) is 1.96. The van der Waals surface area contributed by atoms with Crippen LogP contribution in [0.5, 0.6) is 0 Å². The van der Waals surface area contributed by atoms with Crippen LogP contribution in [0, 0.1) is 0 Å². The molecule has 3 nitrogen and oxygen atoms in total. The number of benzene rings is 1. The van der Waals surface area contributed by atoms with Crippen molar-refractivity contribution >= 4 is 12.0 Å². The van der Waals surface area contributed by atoms with E-state index in [-0.39, 0.29) is 5.91 Å². The second-order valence-electron chi connectivity index (χ2n) is 5.77. The average Bonchev–Trinajstić information content (AvgIpc) is 2.52. The molecule has 1 aromatic rings. The van der Waals surface area contributed by atoms with Crippen LogP contribution >= 0.6 is 0 Å². The van der Waals surface area contributed by atoms with Crippen LogP contribution < -0.4 is 5.32 Å². The van der Waals surface area contributed by atoms with Crippen LogP contribution in [-0.4, -0.2) is 25.7 Å². The summed E-state index contributed by atoms with van der Waals surface area (Å²) in [6.07, 6.45) is 6.54. The maximum absolute atomic E-state index is 11.7. The summed E-state index contributed by atoms with van der Waals surface area (Å²) >= 11 is 0. The number of hydrogen-bond donors (Lipinski definition) is 1. The molecule has 122 valence electrons. The van der Waals surface area contributed by atoms with E-state index < -0.39 is 0 Å². The van der Waals surface area contributed by atoms with Gasteiger partial charge in [-0.15, -0.1) is 0 Å². The standard InChI is InChI=1S/C19H29NO2/c1-4-5-14-22-15-6-13-20-19(21)12-9-17-7-10-18(11-8-17)16(2)3/h7-12,16H,4-6,13-15H2,1-3H3,(H,20,21)/b12-9+. The van der Waals surface area contributed by atoms with Gasteiger partial charge in [0.1, 0.15) is 0 Å². The Morgan fingerprint density at radius 2 is 1.86 bits per heavy atom. The molecular formula is C19H29NO2. The van der Waals surface area contributed by atoms with E-state index in [2.05, 4.69) is 38.2 Å². The first-order valence-electron chi connectivity index (χ1n) is 8.27. The Balaban J connectivity index is 2.21. The van der Waals surface area contributed by atoms with Gasteiger partial charge in [0.25, 0.3) is 0 Å². The molecule has 0 atom stereocenters. The van der Waals surface area contributed by atoms with Gasteiger partial charge in [-0.2, -0.15) is 0 Å². The Hall–Kier alpha value is -1.61. The highest BCUT2D eigenvalue weighted by molar-refractivity contribution is 5.91. The molecule has 0 bridgehead atoms. The smallest absolute Gasteiger partial charge is 0.244 e. The zero-order valence-electron chi connectivity index (χ0n) is 14.1. The quantitative estimate of drug-likeness (QED) is 0.521. The monoisotopic (exact) mass is 303 g/mol. The molecule has 0 aliphatic carbocycles. The van der Waals surface area contributed by atoms with Crippen LogP contribution in [0.25, 0.3) is 6.08 Å². The van der Waals surface area contributed by atoms with E-state index in [1.165, 1.54) is 5.56 Å². The van der Waals surface area contributed by atoms with Gasteiger partial charge in [0, 0.05) is 25.8 Å². The molecule has 0 aliphatic rings. The molecule has 0 saturated carbocycles. The molecule has 0 radical (unpaired) electrons. The summed E-state index contributed by atoms with van der Waals surface area (Å²) in [7, 11) is 0. The van der Waals surface area contributed by atoms with Gasteiger partial charge in [-0.25, -0.2) is 0 Å². The van der Waals surface area contributed by atoms with E-state index in [0.29, 0.717) is 19.1 Å². The third kappa shape index (κ3) is 7.99. The van der Waals surface area contributed by atoms with Crippen molar-refractivity contribution in [3.63, 3.8) is 0 Å². The summed E-state index contributed by atoms with van der Waals surface area (Å²) in [5.41, 5.74) is 2.35. The van der Waals surface area contributed by atoms with E-state index in [1.807, 2.05) is 18.2 Å². The second-order valence-corrected chi connectivity index (χ2v) is 5.77. The Morgan fingerprint density at radius 3 is 2.50 bits per heavy atom. The highest BCUT2D eigenvalue weighted by atomic mass is 16.5. The minimum Gasteiger partial charge on any atom is -0.381 e. The second kappa shape index (κ2) is 11.0. The molecule has 0 saturated heterocycles. The van der Waals surface area contributed by atoms with Gasteiger partial charge in [-0.05, 0) is 36.0 Å². The Labute approximate surface area is 134 Å². The molecule has 1 amide bonds. The molecule has 0 fully saturated rings. The summed E-state index contributed by atoms with van der Waals surface area (Å²) in [5.74, 6) is 0.474. The van der Waals surface area contributed by atoms with Crippen LogP contribution in [0.3, 0.4) is 0 Å².